The summed E-state index contributed by atoms with van der Waals surface area (Å²) in [6, 6.07) is -0.534. The van der Waals surface area contributed by atoms with Gasteiger partial charge in [0.15, 0.2) is 0 Å². The highest BCUT2D eigenvalue weighted by Crippen LogP contribution is 2.36. The molecule has 2 atom stereocenters. The van der Waals surface area contributed by atoms with Gasteiger partial charge in [0, 0.05) is 5.75 Å². The molecule has 2 aliphatic heterocycles. The van der Waals surface area contributed by atoms with Gasteiger partial charge < -0.3 is 10.8 Å². The summed E-state index contributed by atoms with van der Waals surface area (Å²) >= 11 is 1.49. The third-order valence-electron chi connectivity index (χ3n) is 2.11. The predicted octanol–water partition coefficient (Wildman–Crippen LogP) is 0.223. The van der Waals surface area contributed by atoms with Crippen LogP contribution in [0.5, 0.6) is 0 Å². The van der Waals surface area contributed by atoms with Crippen molar-refractivity contribution in [1.29, 1.82) is 0 Å². The van der Waals surface area contributed by atoms with Crippen LogP contribution in [0.3, 0.4) is 0 Å². The van der Waals surface area contributed by atoms with Gasteiger partial charge in [-0.25, -0.2) is 4.79 Å². The number of carbonyl (C=O) groups is 2. The van der Waals surface area contributed by atoms with Crippen molar-refractivity contribution < 1.29 is 14.7 Å². The maximum Gasteiger partial charge on any atom is 0.352 e. The first-order valence-corrected chi connectivity index (χ1v) is 5.81. The van der Waals surface area contributed by atoms with Crippen LogP contribution >= 0.6 is 11.8 Å². The summed E-state index contributed by atoms with van der Waals surface area (Å²) in [7, 11) is 0. The highest BCUT2D eigenvalue weighted by molar-refractivity contribution is 8.00. The second-order valence-corrected chi connectivity index (χ2v) is 4.00. The Morgan fingerprint density at radius 2 is 2.27 bits per heavy atom. The summed E-state index contributed by atoms with van der Waals surface area (Å²) in [5.74, 6) is -0.763. The molecule has 0 bridgehead atoms. The lowest BCUT2D eigenvalue weighted by Crippen LogP contribution is -2.68. The predicted molar refractivity (Wildman–Crippen MR) is 58.1 cm³/mol. The van der Waals surface area contributed by atoms with Crippen molar-refractivity contribution in [3.63, 3.8) is 0 Å². The number of rotatable bonds is 1. The third kappa shape index (κ3) is 1.87. The lowest BCUT2D eigenvalue weighted by Gasteiger charge is -2.46. The highest BCUT2D eigenvalue weighted by Gasteiger charge is 2.49. The molecular weight excluding hydrogens is 216 g/mol. The zero-order chi connectivity index (χ0) is 11.6. The van der Waals surface area contributed by atoms with Gasteiger partial charge in [0.25, 0.3) is 0 Å². The van der Waals surface area contributed by atoms with Crippen LogP contribution in [0.1, 0.15) is 13.8 Å². The lowest BCUT2D eigenvalue weighted by atomic mass is 10.1. The van der Waals surface area contributed by atoms with Gasteiger partial charge in [0.2, 0.25) is 5.91 Å². The first kappa shape index (κ1) is 12.1. The Morgan fingerprint density at radius 3 is 2.80 bits per heavy atom. The van der Waals surface area contributed by atoms with Gasteiger partial charge >= 0.3 is 5.97 Å². The molecular formula is C9H14N2O3S. The van der Waals surface area contributed by atoms with Crippen molar-refractivity contribution in [1.82, 2.24) is 4.90 Å². The molecule has 0 aliphatic carbocycles. The first-order chi connectivity index (χ1) is 7.13. The van der Waals surface area contributed by atoms with Gasteiger partial charge in [0.05, 0.1) is 0 Å². The maximum atomic E-state index is 11.2. The number of fused-ring (bicyclic) bond motifs is 1. The molecule has 2 aliphatic rings. The SMILES string of the molecule is CC.N[C@@H]1C(=O)N2C(C(=O)O)=CCS[C@H]12. The highest BCUT2D eigenvalue weighted by atomic mass is 32.2. The minimum absolute atomic E-state index is 0.0652. The van der Waals surface area contributed by atoms with E-state index in [4.69, 9.17) is 10.8 Å². The molecule has 84 valence electrons. The number of aliphatic carboxylic acids is 1. The second kappa shape index (κ2) is 4.67. The van der Waals surface area contributed by atoms with Crippen LogP contribution < -0.4 is 5.73 Å². The molecule has 0 radical (unpaired) electrons. The Labute approximate surface area is 92.3 Å². The van der Waals surface area contributed by atoms with Gasteiger partial charge in [-0.3, -0.25) is 9.69 Å². The van der Waals surface area contributed by atoms with E-state index in [1.807, 2.05) is 13.8 Å². The van der Waals surface area contributed by atoms with Gasteiger partial charge in [-0.2, -0.15) is 0 Å². The smallest absolute Gasteiger partial charge is 0.352 e. The van der Waals surface area contributed by atoms with Crippen LogP contribution in [0.4, 0.5) is 0 Å². The molecule has 6 heteroatoms. The number of thioether (sulfide) groups is 1. The Kier molecular flexibility index (Phi) is 3.76. The molecule has 1 fully saturated rings. The van der Waals surface area contributed by atoms with Crippen molar-refractivity contribution in [2.24, 2.45) is 5.73 Å². The van der Waals surface area contributed by atoms with Crippen molar-refractivity contribution in [2.75, 3.05) is 5.75 Å². The van der Waals surface area contributed by atoms with E-state index in [0.29, 0.717) is 5.75 Å². The number of carbonyl (C=O) groups excluding carboxylic acids is 1. The van der Waals surface area contributed by atoms with Gasteiger partial charge in [-0.1, -0.05) is 13.8 Å². The second-order valence-electron chi connectivity index (χ2n) is 2.85. The average Bonchev–Trinajstić information content (AvgIpc) is 2.29. The fourth-order valence-corrected chi connectivity index (χ4v) is 2.58. The fraction of sp³-hybridized carbons (Fsp3) is 0.556. The summed E-state index contributed by atoms with van der Waals surface area (Å²) in [5.41, 5.74) is 5.57. The summed E-state index contributed by atoms with van der Waals surface area (Å²) in [6.07, 6.45) is 1.54. The van der Waals surface area contributed by atoms with E-state index in [9.17, 15) is 9.59 Å². The molecule has 2 heterocycles. The number of nitrogens with zero attached hydrogens (tertiary/aromatic N) is 1. The van der Waals surface area contributed by atoms with Crippen LogP contribution in [0.2, 0.25) is 0 Å². The van der Waals surface area contributed by atoms with E-state index in [-0.39, 0.29) is 17.0 Å². The van der Waals surface area contributed by atoms with E-state index < -0.39 is 12.0 Å². The van der Waals surface area contributed by atoms with E-state index in [1.54, 1.807) is 0 Å². The normalized spacial score (nSPS) is 28.1. The van der Waals surface area contributed by atoms with Gasteiger partial charge in [0.1, 0.15) is 17.1 Å². The monoisotopic (exact) mass is 230 g/mol. The zero-order valence-corrected chi connectivity index (χ0v) is 9.45. The molecule has 5 nitrogen and oxygen atoms in total. The first-order valence-electron chi connectivity index (χ1n) is 4.76. The van der Waals surface area contributed by atoms with Crippen molar-refractivity contribution in [3.8, 4) is 0 Å². The average molecular weight is 230 g/mol. The number of β-lactam (4-membered cyclic amide) rings is 1. The molecule has 0 aromatic carbocycles. The van der Waals surface area contributed by atoms with E-state index in [2.05, 4.69) is 0 Å². The lowest BCUT2D eigenvalue weighted by molar-refractivity contribution is -0.147. The number of nitrogens with two attached hydrogens (primary N) is 1. The van der Waals surface area contributed by atoms with Crippen LogP contribution in [-0.4, -0.2) is 39.1 Å². The number of amides is 1. The molecule has 3 N–H and O–H groups in total. The molecule has 1 amide bonds. The largest absolute Gasteiger partial charge is 0.477 e. The summed E-state index contributed by atoms with van der Waals surface area (Å²) in [5, 5.41) is 8.57. The van der Waals surface area contributed by atoms with E-state index >= 15 is 0 Å². The Hall–Kier alpha value is -1.01. The molecule has 1 saturated heterocycles. The fourth-order valence-electron chi connectivity index (χ4n) is 1.43. The quantitative estimate of drug-likeness (QED) is 0.630. The number of carboxylic acids is 1. The molecule has 0 spiro atoms. The van der Waals surface area contributed by atoms with E-state index in [0.717, 1.165) is 0 Å². The topological polar surface area (TPSA) is 83.6 Å². The Bertz CT molecular complexity index is 316. The van der Waals surface area contributed by atoms with Crippen LogP contribution in [0.15, 0.2) is 11.8 Å². The van der Waals surface area contributed by atoms with Crippen molar-refractivity contribution in [2.45, 2.75) is 25.3 Å². The van der Waals surface area contributed by atoms with Crippen LogP contribution in [0.25, 0.3) is 0 Å². The molecule has 15 heavy (non-hydrogen) atoms. The third-order valence-corrected chi connectivity index (χ3v) is 3.31. The van der Waals surface area contributed by atoms with Crippen molar-refractivity contribution in [3.05, 3.63) is 11.8 Å². The minimum atomic E-state index is -1.06. The number of carboxylic acid groups (broad SMARTS) is 1. The summed E-state index contributed by atoms with van der Waals surface area (Å²) in [4.78, 5) is 23.1. The van der Waals surface area contributed by atoms with Gasteiger partial charge in [-0.05, 0) is 6.08 Å². The number of hydrogen-bond acceptors (Lipinski definition) is 4. The summed E-state index contributed by atoms with van der Waals surface area (Å²) < 4.78 is 0. The van der Waals surface area contributed by atoms with Crippen LogP contribution in [-0.2, 0) is 9.59 Å². The van der Waals surface area contributed by atoms with E-state index in [1.165, 1.54) is 22.7 Å². The summed E-state index contributed by atoms with van der Waals surface area (Å²) in [6.45, 7) is 4.00. The zero-order valence-electron chi connectivity index (χ0n) is 8.64. The van der Waals surface area contributed by atoms with Crippen LogP contribution in [0, 0.1) is 0 Å². The molecule has 0 unspecified atom stereocenters. The Morgan fingerprint density at radius 1 is 1.67 bits per heavy atom. The Balaban J connectivity index is 0.000000531. The standard InChI is InChI=1S/C7H8N2O3S.C2H6/c8-4-5(10)9-3(7(11)12)1-2-13-6(4)9;1-2/h1,4,6H,2,8H2,(H,11,12);1-2H3/t4-,6-;/m1./s1. The molecule has 2 rings (SSSR count). The minimum Gasteiger partial charge on any atom is -0.477 e. The van der Waals surface area contributed by atoms with Crippen molar-refractivity contribution >= 4 is 23.6 Å². The maximum absolute atomic E-state index is 11.2. The van der Waals surface area contributed by atoms with Gasteiger partial charge in [-0.15, -0.1) is 11.8 Å². The molecule has 0 aromatic rings. The molecule has 0 saturated carbocycles. The number of hydrogen-bond donors (Lipinski definition) is 2. The molecule has 0 aromatic heterocycles.